The molecule has 0 saturated carbocycles. The highest BCUT2D eigenvalue weighted by molar-refractivity contribution is 5.74. The van der Waals surface area contributed by atoms with Crippen LogP contribution in [0.1, 0.15) is 24.4 Å². The minimum atomic E-state index is -0.366. The SMILES string of the molecule is O=CC(c1ccccc1)N1CCC(CC(=O)NO)C1. The van der Waals surface area contributed by atoms with Crippen LogP contribution in [0.2, 0.25) is 0 Å². The molecule has 1 saturated heterocycles. The number of likely N-dealkylation sites (tertiary alicyclic amines) is 1. The van der Waals surface area contributed by atoms with Crippen molar-refractivity contribution in [3.63, 3.8) is 0 Å². The van der Waals surface area contributed by atoms with Gasteiger partial charge in [0.15, 0.2) is 0 Å². The van der Waals surface area contributed by atoms with Gasteiger partial charge in [0.25, 0.3) is 0 Å². The van der Waals surface area contributed by atoms with Crippen LogP contribution in [0.15, 0.2) is 30.3 Å². The van der Waals surface area contributed by atoms with Crippen LogP contribution in [0.5, 0.6) is 0 Å². The number of amides is 1. The third kappa shape index (κ3) is 3.39. The van der Waals surface area contributed by atoms with Gasteiger partial charge in [0, 0.05) is 13.0 Å². The average molecular weight is 262 g/mol. The van der Waals surface area contributed by atoms with Crippen molar-refractivity contribution in [2.75, 3.05) is 13.1 Å². The lowest BCUT2D eigenvalue weighted by Gasteiger charge is -2.23. The highest BCUT2D eigenvalue weighted by atomic mass is 16.5. The van der Waals surface area contributed by atoms with Crippen molar-refractivity contribution in [1.29, 1.82) is 0 Å². The van der Waals surface area contributed by atoms with E-state index in [4.69, 9.17) is 5.21 Å². The van der Waals surface area contributed by atoms with E-state index in [-0.39, 0.29) is 17.9 Å². The first kappa shape index (κ1) is 13.7. The third-order valence-corrected chi connectivity index (χ3v) is 3.58. The van der Waals surface area contributed by atoms with Crippen molar-refractivity contribution in [1.82, 2.24) is 10.4 Å². The molecular weight excluding hydrogens is 244 g/mol. The monoisotopic (exact) mass is 262 g/mol. The Morgan fingerprint density at radius 3 is 2.84 bits per heavy atom. The summed E-state index contributed by atoms with van der Waals surface area (Å²) in [7, 11) is 0. The molecule has 0 aliphatic carbocycles. The minimum Gasteiger partial charge on any atom is -0.301 e. The number of aldehydes is 1. The number of hydrogen-bond acceptors (Lipinski definition) is 4. The smallest absolute Gasteiger partial charge is 0.243 e. The van der Waals surface area contributed by atoms with Crippen molar-refractivity contribution in [3.8, 4) is 0 Å². The molecule has 5 nitrogen and oxygen atoms in total. The summed E-state index contributed by atoms with van der Waals surface area (Å²) in [4.78, 5) is 24.5. The zero-order valence-electron chi connectivity index (χ0n) is 10.7. The molecule has 2 atom stereocenters. The van der Waals surface area contributed by atoms with E-state index in [9.17, 15) is 9.59 Å². The van der Waals surface area contributed by atoms with Gasteiger partial charge >= 0.3 is 0 Å². The Balaban J connectivity index is 1.99. The Kier molecular flexibility index (Phi) is 4.65. The maximum Gasteiger partial charge on any atom is 0.243 e. The molecule has 2 unspecified atom stereocenters. The van der Waals surface area contributed by atoms with Gasteiger partial charge in [0.1, 0.15) is 6.29 Å². The minimum absolute atomic E-state index is 0.193. The van der Waals surface area contributed by atoms with Gasteiger partial charge in [0.05, 0.1) is 6.04 Å². The summed E-state index contributed by atoms with van der Waals surface area (Å²) in [6.45, 7) is 1.49. The maximum atomic E-state index is 11.3. The van der Waals surface area contributed by atoms with Crippen LogP contribution in [0.25, 0.3) is 0 Å². The lowest BCUT2D eigenvalue weighted by atomic mass is 10.0. The predicted octanol–water partition coefficient (Wildman–Crippen LogP) is 1.14. The second-order valence-corrected chi connectivity index (χ2v) is 4.88. The number of benzene rings is 1. The van der Waals surface area contributed by atoms with Crippen molar-refractivity contribution in [3.05, 3.63) is 35.9 Å². The summed E-state index contributed by atoms with van der Waals surface area (Å²) in [6, 6.07) is 9.38. The average Bonchev–Trinajstić information content (AvgIpc) is 2.89. The fraction of sp³-hybridized carbons (Fsp3) is 0.429. The first-order valence-corrected chi connectivity index (χ1v) is 6.42. The van der Waals surface area contributed by atoms with Crippen molar-refractivity contribution < 1.29 is 14.8 Å². The molecule has 1 amide bonds. The number of nitrogens with zero attached hydrogens (tertiary/aromatic N) is 1. The molecular formula is C14H18N2O3. The molecule has 1 aromatic rings. The van der Waals surface area contributed by atoms with E-state index < -0.39 is 0 Å². The van der Waals surface area contributed by atoms with Gasteiger partial charge in [-0.25, -0.2) is 5.48 Å². The van der Waals surface area contributed by atoms with Gasteiger partial charge in [0.2, 0.25) is 5.91 Å². The van der Waals surface area contributed by atoms with Crippen LogP contribution in [0, 0.1) is 5.92 Å². The van der Waals surface area contributed by atoms with Gasteiger partial charge in [-0.3, -0.25) is 14.9 Å². The van der Waals surface area contributed by atoms with Crippen LogP contribution in [-0.2, 0) is 9.59 Å². The molecule has 102 valence electrons. The van der Waals surface area contributed by atoms with Gasteiger partial charge in [-0.1, -0.05) is 30.3 Å². The lowest BCUT2D eigenvalue weighted by Crippen LogP contribution is -2.29. The van der Waals surface area contributed by atoms with Crippen LogP contribution in [0.3, 0.4) is 0 Å². The fourth-order valence-electron chi connectivity index (χ4n) is 2.62. The maximum absolute atomic E-state index is 11.3. The molecule has 2 N–H and O–H groups in total. The molecule has 0 aromatic heterocycles. The molecule has 5 heteroatoms. The number of carbonyl (C=O) groups excluding carboxylic acids is 2. The Hall–Kier alpha value is -1.72. The molecule has 1 aliphatic rings. The lowest BCUT2D eigenvalue weighted by molar-refractivity contribution is -0.130. The van der Waals surface area contributed by atoms with E-state index in [0.717, 1.165) is 24.8 Å². The van der Waals surface area contributed by atoms with Crippen molar-refractivity contribution in [2.24, 2.45) is 5.92 Å². The topological polar surface area (TPSA) is 69.6 Å². The predicted molar refractivity (Wildman–Crippen MR) is 69.5 cm³/mol. The molecule has 1 aromatic carbocycles. The zero-order chi connectivity index (χ0) is 13.7. The van der Waals surface area contributed by atoms with Gasteiger partial charge in [-0.2, -0.15) is 0 Å². The van der Waals surface area contributed by atoms with Crippen molar-refractivity contribution >= 4 is 12.2 Å². The molecule has 0 spiro atoms. The standard InChI is InChI=1S/C14H18N2O3/c17-10-13(12-4-2-1-3-5-12)16-7-6-11(9-16)8-14(18)15-19/h1-5,10-11,13,19H,6-9H2,(H,15,18). The number of hydrogen-bond donors (Lipinski definition) is 2. The Labute approximate surface area is 112 Å². The Morgan fingerprint density at radius 1 is 1.47 bits per heavy atom. The first-order valence-electron chi connectivity index (χ1n) is 6.42. The Morgan fingerprint density at radius 2 is 2.21 bits per heavy atom. The molecule has 1 fully saturated rings. The van der Waals surface area contributed by atoms with Crippen LogP contribution < -0.4 is 5.48 Å². The Bertz CT molecular complexity index is 436. The summed E-state index contributed by atoms with van der Waals surface area (Å²) in [5, 5.41) is 8.53. The molecule has 0 radical (unpaired) electrons. The fourth-order valence-corrected chi connectivity index (χ4v) is 2.62. The first-order chi connectivity index (χ1) is 9.24. The van der Waals surface area contributed by atoms with E-state index in [1.807, 2.05) is 30.3 Å². The second kappa shape index (κ2) is 6.45. The van der Waals surface area contributed by atoms with E-state index in [1.165, 1.54) is 0 Å². The largest absolute Gasteiger partial charge is 0.301 e. The second-order valence-electron chi connectivity index (χ2n) is 4.88. The van der Waals surface area contributed by atoms with Crippen LogP contribution in [0.4, 0.5) is 0 Å². The van der Waals surface area contributed by atoms with Crippen molar-refractivity contribution in [2.45, 2.75) is 18.9 Å². The molecule has 19 heavy (non-hydrogen) atoms. The molecule has 0 bridgehead atoms. The molecule has 1 heterocycles. The quantitative estimate of drug-likeness (QED) is 0.474. The van der Waals surface area contributed by atoms with Gasteiger partial charge < -0.3 is 4.79 Å². The summed E-state index contributed by atoms with van der Waals surface area (Å²) in [6.07, 6.45) is 2.11. The highest BCUT2D eigenvalue weighted by Gasteiger charge is 2.29. The summed E-state index contributed by atoms with van der Waals surface area (Å²) in [5.41, 5.74) is 2.63. The zero-order valence-corrected chi connectivity index (χ0v) is 10.7. The van der Waals surface area contributed by atoms with E-state index >= 15 is 0 Å². The summed E-state index contributed by atoms with van der Waals surface area (Å²) in [5.74, 6) is -0.174. The highest BCUT2D eigenvalue weighted by Crippen LogP contribution is 2.27. The van der Waals surface area contributed by atoms with E-state index in [1.54, 1.807) is 5.48 Å². The number of carbonyl (C=O) groups is 2. The number of nitrogens with one attached hydrogen (secondary N) is 1. The number of rotatable bonds is 5. The molecule has 1 aliphatic heterocycles. The van der Waals surface area contributed by atoms with E-state index in [2.05, 4.69) is 4.90 Å². The van der Waals surface area contributed by atoms with Gasteiger partial charge in [-0.05, 0) is 24.4 Å². The van der Waals surface area contributed by atoms with Crippen LogP contribution >= 0.6 is 0 Å². The van der Waals surface area contributed by atoms with Gasteiger partial charge in [-0.15, -0.1) is 0 Å². The number of hydroxylamine groups is 1. The third-order valence-electron chi connectivity index (χ3n) is 3.58. The normalized spacial score (nSPS) is 21.0. The summed E-state index contributed by atoms with van der Waals surface area (Å²) < 4.78 is 0. The van der Waals surface area contributed by atoms with Crippen LogP contribution in [-0.4, -0.2) is 35.4 Å². The summed E-state index contributed by atoms with van der Waals surface area (Å²) >= 11 is 0. The molecule has 2 rings (SSSR count). The van der Waals surface area contributed by atoms with E-state index in [0.29, 0.717) is 13.0 Å².